The van der Waals surface area contributed by atoms with Gasteiger partial charge in [0.1, 0.15) is 17.7 Å². The van der Waals surface area contributed by atoms with Crippen molar-refractivity contribution in [2.45, 2.75) is 111 Å². The Morgan fingerprint density at radius 3 is 1.94 bits per heavy atom. The van der Waals surface area contributed by atoms with E-state index in [4.69, 9.17) is 9.16 Å². The van der Waals surface area contributed by atoms with Crippen LogP contribution in [0.3, 0.4) is 0 Å². The Hall–Kier alpha value is -1.61. The summed E-state index contributed by atoms with van der Waals surface area (Å²) in [6, 6.07) is -1.93. The molecular weight excluding hydrogens is 416 g/mol. The van der Waals surface area contributed by atoms with E-state index in [1.165, 1.54) is 4.90 Å². The maximum Gasteiger partial charge on any atom is 0.408 e. The number of rotatable bonds is 5. The summed E-state index contributed by atoms with van der Waals surface area (Å²) in [7, 11) is -2.14. The first-order valence-corrected chi connectivity index (χ1v) is 13.8. The summed E-state index contributed by atoms with van der Waals surface area (Å²) in [6.07, 6.45) is -0.828. The first-order chi connectivity index (χ1) is 13.7. The molecule has 0 bridgehead atoms. The summed E-state index contributed by atoms with van der Waals surface area (Å²) < 4.78 is 11.7. The van der Waals surface area contributed by atoms with Crippen molar-refractivity contribution in [1.29, 1.82) is 0 Å². The van der Waals surface area contributed by atoms with Crippen LogP contribution in [-0.4, -0.2) is 66.6 Å². The van der Waals surface area contributed by atoms with Crippen molar-refractivity contribution in [3.05, 3.63) is 0 Å². The minimum atomic E-state index is -2.14. The van der Waals surface area contributed by atoms with Crippen molar-refractivity contribution in [2.75, 3.05) is 6.54 Å². The molecule has 180 valence electrons. The van der Waals surface area contributed by atoms with Crippen LogP contribution >= 0.6 is 0 Å². The number of carbonyl (C=O) groups is 3. The van der Waals surface area contributed by atoms with Gasteiger partial charge in [-0.05, 0) is 44.3 Å². The molecule has 9 heteroatoms. The summed E-state index contributed by atoms with van der Waals surface area (Å²) in [5.74, 6) is -1.51. The summed E-state index contributed by atoms with van der Waals surface area (Å²) in [5.41, 5.74) is -1.36. The normalized spacial score (nSPS) is 21.6. The number of nitrogens with zero attached hydrogens (tertiary/aromatic N) is 1. The lowest BCUT2D eigenvalue weighted by atomic mass is 9.85. The van der Waals surface area contributed by atoms with Gasteiger partial charge in [-0.1, -0.05) is 41.5 Å². The molecule has 1 saturated heterocycles. The number of nitrogens with one attached hydrogen (secondary N) is 1. The molecule has 31 heavy (non-hydrogen) atoms. The van der Waals surface area contributed by atoms with Gasteiger partial charge in [-0.15, -0.1) is 0 Å². The smallest absolute Gasteiger partial charge is 0.408 e. The zero-order valence-electron chi connectivity index (χ0n) is 21.1. The fourth-order valence-corrected chi connectivity index (χ4v) is 4.55. The largest absolute Gasteiger partial charge is 0.480 e. The van der Waals surface area contributed by atoms with Gasteiger partial charge < -0.3 is 24.5 Å². The van der Waals surface area contributed by atoms with Crippen LogP contribution in [0.2, 0.25) is 18.1 Å². The number of likely N-dealkylation sites (tertiary alicyclic amines) is 1. The summed E-state index contributed by atoms with van der Waals surface area (Å²) in [4.78, 5) is 39.1. The first kappa shape index (κ1) is 27.4. The number of carbonyl (C=O) groups excluding carboxylic acids is 2. The number of aliphatic carboxylic acids is 1. The van der Waals surface area contributed by atoms with E-state index in [-0.39, 0.29) is 24.1 Å². The van der Waals surface area contributed by atoms with Crippen LogP contribution in [0.15, 0.2) is 0 Å². The molecule has 0 radical (unpaired) electrons. The van der Waals surface area contributed by atoms with Gasteiger partial charge in [0.15, 0.2) is 8.32 Å². The molecule has 2 amide bonds. The van der Waals surface area contributed by atoms with Gasteiger partial charge in [0, 0.05) is 13.0 Å². The number of amides is 2. The number of hydrogen-bond donors (Lipinski definition) is 2. The highest BCUT2D eigenvalue weighted by atomic mass is 28.4. The lowest BCUT2D eigenvalue weighted by molar-refractivity contribution is -0.150. The topological polar surface area (TPSA) is 105 Å². The molecule has 0 aromatic carbocycles. The number of carboxylic acid groups (broad SMARTS) is 1. The number of alkyl carbamates (subject to hydrolysis) is 1. The molecule has 0 aromatic heterocycles. The van der Waals surface area contributed by atoms with Crippen LogP contribution in [0.1, 0.15) is 68.7 Å². The van der Waals surface area contributed by atoms with E-state index < -0.39 is 49.4 Å². The molecule has 8 nitrogen and oxygen atoms in total. The van der Waals surface area contributed by atoms with E-state index >= 15 is 0 Å². The van der Waals surface area contributed by atoms with Crippen molar-refractivity contribution >= 4 is 26.3 Å². The highest BCUT2D eigenvalue weighted by Gasteiger charge is 2.48. The summed E-state index contributed by atoms with van der Waals surface area (Å²) >= 11 is 0. The van der Waals surface area contributed by atoms with Gasteiger partial charge >= 0.3 is 12.1 Å². The fraction of sp³-hybridized carbons (Fsp3) is 0.864. The zero-order chi connectivity index (χ0) is 24.6. The van der Waals surface area contributed by atoms with Crippen LogP contribution in [0.5, 0.6) is 0 Å². The molecule has 1 heterocycles. The summed E-state index contributed by atoms with van der Waals surface area (Å²) in [6.45, 7) is 21.4. The molecule has 2 unspecified atom stereocenters. The monoisotopic (exact) mass is 458 g/mol. The predicted octanol–water partition coefficient (Wildman–Crippen LogP) is 4.00. The Bertz CT molecular complexity index is 688. The second-order valence-corrected chi connectivity index (χ2v) is 16.8. The third kappa shape index (κ3) is 7.48. The molecule has 1 aliphatic rings. The van der Waals surface area contributed by atoms with Crippen molar-refractivity contribution in [2.24, 2.45) is 5.41 Å². The van der Waals surface area contributed by atoms with Crippen molar-refractivity contribution in [1.82, 2.24) is 10.2 Å². The molecule has 2 N–H and O–H groups in total. The van der Waals surface area contributed by atoms with Crippen LogP contribution in [0.25, 0.3) is 0 Å². The predicted molar refractivity (Wildman–Crippen MR) is 122 cm³/mol. The molecule has 1 fully saturated rings. The molecule has 0 saturated carbocycles. The molecule has 1 rings (SSSR count). The van der Waals surface area contributed by atoms with Gasteiger partial charge in [0.2, 0.25) is 5.91 Å². The second-order valence-electron chi connectivity index (χ2n) is 12.0. The van der Waals surface area contributed by atoms with E-state index in [1.54, 1.807) is 20.8 Å². The Morgan fingerprint density at radius 1 is 1.03 bits per heavy atom. The number of ether oxygens (including phenoxy) is 1. The van der Waals surface area contributed by atoms with Gasteiger partial charge in [0.05, 0.1) is 6.10 Å². The lowest BCUT2D eigenvalue weighted by Gasteiger charge is -2.38. The lowest BCUT2D eigenvalue weighted by Crippen LogP contribution is -2.57. The van der Waals surface area contributed by atoms with Crippen LogP contribution in [0.4, 0.5) is 4.79 Å². The van der Waals surface area contributed by atoms with Crippen LogP contribution in [-0.2, 0) is 18.8 Å². The van der Waals surface area contributed by atoms with E-state index in [0.717, 1.165) is 0 Å². The van der Waals surface area contributed by atoms with E-state index in [2.05, 4.69) is 39.2 Å². The highest BCUT2D eigenvalue weighted by Crippen LogP contribution is 2.39. The quantitative estimate of drug-likeness (QED) is 0.603. The first-order valence-electron chi connectivity index (χ1n) is 10.9. The van der Waals surface area contributed by atoms with Gasteiger partial charge in [-0.2, -0.15) is 0 Å². The third-order valence-corrected chi connectivity index (χ3v) is 10.4. The molecule has 0 spiro atoms. The maximum atomic E-state index is 13.5. The molecule has 0 aliphatic carbocycles. The molecule has 3 atom stereocenters. The standard InChI is InChI=1S/C22H42N2O6Si/c1-20(2,3)16(23-19(28)29-21(4,5)6)17(25)24-13-14(12-15(24)18(26)27)30-31(10,11)22(7,8)9/h14-16H,12-13H2,1-11H3,(H,23,28)(H,26,27)/t14?,15?,16-/m1/s1. The average molecular weight is 459 g/mol. The molecule has 0 aromatic rings. The van der Waals surface area contributed by atoms with Crippen molar-refractivity contribution in [3.8, 4) is 0 Å². The Balaban J connectivity index is 3.11. The van der Waals surface area contributed by atoms with Gasteiger partial charge in [-0.25, -0.2) is 9.59 Å². The minimum Gasteiger partial charge on any atom is -0.480 e. The number of hydrogen-bond acceptors (Lipinski definition) is 5. The zero-order valence-corrected chi connectivity index (χ0v) is 22.1. The average Bonchev–Trinajstić information content (AvgIpc) is 2.91. The third-order valence-electron chi connectivity index (χ3n) is 5.87. The maximum absolute atomic E-state index is 13.5. The Kier molecular flexibility index (Phi) is 8.04. The SMILES string of the molecule is CC(C)(C)OC(=O)N[C@H](C(=O)N1CC(O[Si](C)(C)C(C)(C)C)CC1C(=O)O)C(C)(C)C. The van der Waals surface area contributed by atoms with E-state index in [0.29, 0.717) is 0 Å². The second kappa shape index (κ2) is 9.09. The fourth-order valence-electron chi connectivity index (χ4n) is 3.19. The molecule has 1 aliphatic heterocycles. The number of carboxylic acids is 1. The molecular formula is C22H42N2O6Si. The highest BCUT2D eigenvalue weighted by molar-refractivity contribution is 6.74. The van der Waals surface area contributed by atoms with Gasteiger partial charge in [-0.3, -0.25) is 4.79 Å². The van der Waals surface area contributed by atoms with E-state index in [1.807, 2.05) is 20.8 Å². The summed E-state index contributed by atoms with van der Waals surface area (Å²) in [5, 5.41) is 12.4. The van der Waals surface area contributed by atoms with Gasteiger partial charge in [0.25, 0.3) is 0 Å². The van der Waals surface area contributed by atoms with Crippen LogP contribution in [0, 0.1) is 5.41 Å². The van der Waals surface area contributed by atoms with Crippen molar-refractivity contribution in [3.63, 3.8) is 0 Å². The minimum absolute atomic E-state index is 0.0324. The van der Waals surface area contributed by atoms with Crippen LogP contribution < -0.4 is 5.32 Å². The van der Waals surface area contributed by atoms with E-state index in [9.17, 15) is 19.5 Å². The Morgan fingerprint density at radius 2 is 1.55 bits per heavy atom. The van der Waals surface area contributed by atoms with Crippen molar-refractivity contribution < 1.29 is 28.7 Å². The Labute approximate surface area is 188 Å².